The van der Waals surface area contributed by atoms with E-state index in [-0.39, 0.29) is 6.61 Å². The molecule has 2 heterocycles. The monoisotopic (exact) mass is 372 g/mol. The van der Waals surface area contributed by atoms with E-state index in [1.165, 1.54) is 0 Å². The molecule has 7 heteroatoms. The lowest BCUT2D eigenvalue weighted by Crippen LogP contribution is -2.37. The summed E-state index contributed by atoms with van der Waals surface area (Å²) in [4.78, 5) is 11.4. The predicted octanol–water partition coefficient (Wildman–Crippen LogP) is 1.72. The molecule has 2 N–H and O–H groups in total. The van der Waals surface area contributed by atoms with E-state index in [1.807, 2.05) is 30.3 Å². The second-order valence-electron chi connectivity index (χ2n) is 6.74. The molecule has 27 heavy (non-hydrogen) atoms. The molecule has 146 valence electrons. The fraction of sp³-hybridized carbons (Fsp3) is 0.500. The minimum absolute atomic E-state index is 0.234. The SMILES string of the molecule is CNCC(O)COc1cccc(-c2nccc(N(C)C3CCOCC3)n2)c1. The Morgan fingerprint density at radius 3 is 2.93 bits per heavy atom. The number of aromatic nitrogens is 2. The first-order chi connectivity index (χ1) is 13.2. The molecule has 1 aliphatic heterocycles. The molecule has 1 unspecified atom stereocenters. The molecular formula is C20H28N4O3. The van der Waals surface area contributed by atoms with Gasteiger partial charge in [0.1, 0.15) is 24.3 Å². The number of aliphatic hydroxyl groups excluding tert-OH is 1. The van der Waals surface area contributed by atoms with Gasteiger partial charge in [0.2, 0.25) is 0 Å². The molecule has 1 atom stereocenters. The molecule has 0 saturated carbocycles. The summed E-state index contributed by atoms with van der Waals surface area (Å²) in [5, 5.41) is 12.7. The highest BCUT2D eigenvalue weighted by molar-refractivity contribution is 5.59. The van der Waals surface area contributed by atoms with Crippen molar-refractivity contribution >= 4 is 5.82 Å². The van der Waals surface area contributed by atoms with E-state index in [0.29, 0.717) is 24.2 Å². The third-order valence-corrected chi connectivity index (χ3v) is 4.72. The molecule has 0 amide bonds. The average molecular weight is 372 g/mol. The molecule has 7 nitrogen and oxygen atoms in total. The lowest BCUT2D eigenvalue weighted by Gasteiger charge is -2.32. The van der Waals surface area contributed by atoms with E-state index in [9.17, 15) is 5.11 Å². The molecule has 1 aliphatic rings. The quantitative estimate of drug-likeness (QED) is 0.730. The van der Waals surface area contributed by atoms with Gasteiger partial charge in [-0.05, 0) is 38.1 Å². The van der Waals surface area contributed by atoms with Gasteiger partial charge in [-0.15, -0.1) is 0 Å². The number of ether oxygens (including phenoxy) is 2. The largest absolute Gasteiger partial charge is 0.491 e. The van der Waals surface area contributed by atoms with Crippen LogP contribution in [-0.2, 0) is 4.74 Å². The Kier molecular flexibility index (Phi) is 6.98. The first-order valence-corrected chi connectivity index (χ1v) is 9.37. The molecular weight excluding hydrogens is 344 g/mol. The smallest absolute Gasteiger partial charge is 0.161 e. The van der Waals surface area contributed by atoms with E-state index in [1.54, 1.807) is 13.2 Å². The van der Waals surface area contributed by atoms with Crippen LogP contribution >= 0.6 is 0 Å². The Balaban J connectivity index is 1.71. The number of hydrogen-bond donors (Lipinski definition) is 2. The van der Waals surface area contributed by atoms with Crippen LogP contribution in [0.2, 0.25) is 0 Å². The molecule has 1 fully saturated rings. The number of nitrogens with one attached hydrogen (secondary N) is 1. The van der Waals surface area contributed by atoms with Gasteiger partial charge >= 0.3 is 0 Å². The first kappa shape index (κ1) is 19.5. The lowest BCUT2D eigenvalue weighted by atomic mass is 10.1. The zero-order valence-electron chi connectivity index (χ0n) is 16.0. The zero-order valence-corrected chi connectivity index (χ0v) is 16.0. The number of anilines is 1. The van der Waals surface area contributed by atoms with Gasteiger partial charge in [-0.2, -0.15) is 0 Å². The molecule has 1 aromatic carbocycles. The Labute approximate surface area is 160 Å². The first-order valence-electron chi connectivity index (χ1n) is 9.37. The van der Waals surface area contributed by atoms with Crippen molar-refractivity contribution in [3.05, 3.63) is 36.5 Å². The van der Waals surface area contributed by atoms with Crippen molar-refractivity contribution < 1.29 is 14.6 Å². The number of likely N-dealkylation sites (N-methyl/N-ethyl adjacent to an activating group) is 1. The molecule has 1 saturated heterocycles. The fourth-order valence-electron chi connectivity index (χ4n) is 3.16. The van der Waals surface area contributed by atoms with Gasteiger partial charge in [0.15, 0.2) is 5.82 Å². The summed E-state index contributed by atoms with van der Waals surface area (Å²) in [6.07, 6.45) is 3.26. The average Bonchev–Trinajstić information content (AvgIpc) is 2.73. The van der Waals surface area contributed by atoms with Crippen molar-refractivity contribution in [2.75, 3.05) is 45.4 Å². The number of aliphatic hydroxyl groups is 1. The van der Waals surface area contributed by atoms with Gasteiger partial charge in [0.25, 0.3) is 0 Å². The fourth-order valence-corrected chi connectivity index (χ4v) is 3.16. The number of rotatable bonds is 8. The van der Waals surface area contributed by atoms with Gasteiger partial charge in [0, 0.05) is 44.6 Å². The Hall–Kier alpha value is -2.22. The maximum absolute atomic E-state index is 9.79. The Bertz CT molecular complexity index is 722. The van der Waals surface area contributed by atoms with Crippen LogP contribution in [0, 0.1) is 0 Å². The van der Waals surface area contributed by atoms with Crippen LogP contribution in [0.1, 0.15) is 12.8 Å². The highest BCUT2D eigenvalue weighted by atomic mass is 16.5. The second-order valence-corrected chi connectivity index (χ2v) is 6.74. The van der Waals surface area contributed by atoms with Crippen LogP contribution in [0.4, 0.5) is 5.82 Å². The van der Waals surface area contributed by atoms with Crippen molar-refractivity contribution in [3.8, 4) is 17.1 Å². The van der Waals surface area contributed by atoms with E-state index in [4.69, 9.17) is 14.5 Å². The Morgan fingerprint density at radius 1 is 1.33 bits per heavy atom. The van der Waals surface area contributed by atoms with Crippen LogP contribution in [0.15, 0.2) is 36.5 Å². The summed E-state index contributed by atoms with van der Waals surface area (Å²) in [5.41, 5.74) is 0.887. The summed E-state index contributed by atoms with van der Waals surface area (Å²) in [7, 11) is 3.87. The molecule has 0 radical (unpaired) electrons. The number of hydrogen-bond acceptors (Lipinski definition) is 7. The molecule has 0 bridgehead atoms. The normalized spacial score (nSPS) is 16.1. The standard InChI is InChI=1S/C20H28N4O3/c1-21-13-17(25)14-27-18-5-3-4-15(12-18)20-22-9-6-19(23-20)24(2)16-7-10-26-11-8-16/h3-6,9,12,16-17,21,25H,7-8,10-11,13-14H2,1-2H3. The molecule has 3 rings (SSSR count). The van der Waals surface area contributed by atoms with Crippen LogP contribution in [0.5, 0.6) is 5.75 Å². The lowest BCUT2D eigenvalue weighted by molar-refractivity contribution is 0.0853. The van der Waals surface area contributed by atoms with Crippen molar-refractivity contribution in [1.82, 2.24) is 15.3 Å². The van der Waals surface area contributed by atoms with Crippen LogP contribution in [-0.4, -0.2) is 67.7 Å². The summed E-state index contributed by atoms with van der Waals surface area (Å²) < 4.78 is 11.1. The maximum atomic E-state index is 9.79. The number of benzene rings is 1. The molecule has 1 aromatic heterocycles. The minimum Gasteiger partial charge on any atom is -0.491 e. The van der Waals surface area contributed by atoms with E-state index in [0.717, 1.165) is 37.4 Å². The minimum atomic E-state index is -0.550. The van der Waals surface area contributed by atoms with Crippen molar-refractivity contribution in [3.63, 3.8) is 0 Å². The van der Waals surface area contributed by atoms with Crippen molar-refractivity contribution in [2.45, 2.75) is 25.0 Å². The molecule has 0 spiro atoms. The zero-order chi connectivity index (χ0) is 19.1. The van der Waals surface area contributed by atoms with E-state index in [2.05, 4.69) is 22.2 Å². The van der Waals surface area contributed by atoms with Crippen LogP contribution in [0.3, 0.4) is 0 Å². The van der Waals surface area contributed by atoms with Gasteiger partial charge in [-0.25, -0.2) is 9.97 Å². The second kappa shape index (κ2) is 9.64. The molecule has 2 aromatic rings. The van der Waals surface area contributed by atoms with Crippen molar-refractivity contribution in [1.29, 1.82) is 0 Å². The summed E-state index contributed by atoms with van der Waals surface area (Å²) in [6.45, 7) is 2.32. The van der Waals surface area contributed by atoms with Gasteiger partial charge < -0.3 is 24.8 Å². The summed E-state index contributed by atoms with van der Waals surface area (Å²) in [6, 6.07) is 10.0. The van der Waals surface area contributed by atoms with E-state index < -0.39 is 6.10 Å². The Morgan fingerprint density at radius 2 is 2.15 bits per heavy atom. The third-order valence-electron chi connectivity index (χ3n) is 4.72. The highest BCUT2D eigenvalue weighted by Crippen LogP contribution is 2.24. The third kappa shape index (κ3) is 5.38. The van der Waals surface area contributed by atoms with Crippen LogP contribution in [0.25, 0.3) is 11.4 Å². The van der Waals surface area contributed by atoms with E-state index >= 15 is 0 Å². The van der Waals surface area contributed by atoms with Crippen LogP contribution < -0.4 is 15.0 Å². The summed E-state index contributed by atoms with van der Waals surface area (Å²) in [5.74, 6) is 2.25. The van der Waals surface area contributed by atoms with Crippen molar-refractivity contribution in [2.24, 2.45) is 0 Å². The van der Waals surface area contributed by atoms with Gasteiger partial charge in [0.05, 0.1) is 0 Å². The van der Waals surface area contributed by atoms with Gasteiger partial charge in [-0.3, -0.25) is 0 Å². The highest BCUT2D eigenvalue weighted by Gasteiger charge is 2.20. The maximum Gasteiger partial charge on any atom is 0.161 e. The van der Waals surface area contributed by atoms with Gasteiger partial charge in [-0.1, -0.05) is 12.1 Å². The molecule has 0 aliphatic carbocycles. The summed E-state index contributed by atoms with van der Waals surface area (Å²) >= 11 is 0. The number of nitrogens with zero attached hydrogens (tertiary/aromatic N) is 3. The predicted molar refractivity (Wildman–Crippen MR) is 105 cm³/mol. The topological polar surface area (TPSA) is 79.7 Å².